The van der Waals surface area contributed by atoms with Gasteiger partial charge in [-0.3, -0.25) is 0 Å². The van der Waals surface area contributed by atoms with Crippen molar-refractivity contribution >= 4 is 31.8 Å². The molecule has 5 heteroatoms. The molecule has 11 heavy (non-hydrogen) atoms. The van der Waals surface area contributed by atoms with Crippen LogP contribution in [0.2, 0.25) is 0 Å². The van der Waals surface area contributed by atoms with Crippen LogP contribution in [0, 0.1) is 15.9 Å². The number of non-ortho nitro benzene ring substituents is 1. The molecule has 1 aromatic rings. The van der Waals surface area contributed by atoms with Crippen LogP contribution in [0.3, 0.4) is 0 Å². The van der Waals surface area contributed by atoms with Gasteiger partial charge in [0.15, 0.2) is 0 Å². The molecule has 1 rings (SSSR count). The Labute approximate surface area is 75.5 Å². The van der Waals surface area contributed by atoms with E-state index in [1.54, 1.807) is 0 Å². The van der Waals surface area contributed by atoms with Crippen molar-refractivity contribution in [3.05, 3.63) is 34.1 Å². The molecule has 3 nitrogen and oxygen atoms in total. The summed E-state index contributed by atoms with van der Waals surface area (Å²) in [7, 11) is 0. The molecule has 0 aliphatic carbocycles. The van der Waals surface area contributed by atoms with Crippen LogP contribution < -0.4 is 3.58 Å². The van der Waals surface area contributed by atoms with Crippen molar-refractivity contribution in [1.82, 2.24) is 0 Å². The third kappa shape index (κ3) is 2.14. The molecular formula is C6H3FNO2Sn. The molecular weight excluding hydrogens is 256 g/mol. The van der Waals surface area contributed by atoms with E-state index in [4.69, 9.17) is 0 Å². The standard InChI is InChI=1S/C6H3FNO2.Sn/c7-5-2-1-3-6(4-5)8(9)10;/h2-4H;. The summed E-state index contributed by atoms with van der Waals surface area (Å²) in [6.45, 7) is 0. The quantitative estimate of drug-likeness (QED) is 0.419. The van der Waals surface area contributed by atoms with Gasteiger partial charge in [-0.2, -0.15) is 0 Å². The molecule has 0 aromatic heterocycles. The van der Waals surface area contributed by atoms with Gasteiger partial charge >= 0.3 is 75.2 Å². The summed E-state index contributed by atoms with van der Waals surface area (Å²) < 4.78 is 13.1. The van der Waals surface area contributed by atoms with E-state index in [9.17, 15) is 14.5 Å². The van der Waals surface area contributed by atoms with Gasteiger partial charge in [0.2, 0.25) is 0 Å². The molecule has 0 amide bonds. The molecule has 0 fully saturated rings. The van der Waals surface area contributed by atoms with E-state index >= 15 is 0 Å². The van der Waals surface area contributed by atoms with Crippen LogP contribution in [0.4, 0.5) is 10.1 Å². The molecule has 0 aliphatic heterocycles. The minimum atomic E-state index is -0.601. The molecule has 0 N–H and O–H groups in total. The van der Waals surface area contributed by atoms with Crippen LogP contribution in [-0.4, -0.2) is 27.4 Å². The maximum atomic E-state index is 12.5. The molecule has 0 aliphatic rings. The van der Waals surface area contributed by atoms with Crippen LogP contribution in [0.25, 0.3) is 0 Å². The Balaban J connectivity index is 3.19. The first-order valence-corrected chi connectivity index (χ1v) is 4.19. The van der Waals surface area contributed by atoms with Gasteiger partial charge in [-0.25, -0.2) is 0 Å². The van der Waals surface area contributed by atoms with Crippen LogP contribution in [-0.2, 0) is 0 Å². The molecule has 0 bridgehead atoms. The number of halogens is 1. The first kappa shape index (κ1) is 8.45. The average molecular weight is 259 g/mol. The zero-order valence-electron chi connectivity index (χ0n) is 5.37. The molecule has 1 aromatic carbocycles. The van der Waals surface area contributed by atoms with Gasteiger partial charge in [0.05, 0.1) is 0 Å². The number of nitro groups is 1. The van der Waals surface area contributed by atoms with Crippen LogP contribution in [0.15, 0.2) is 18.2 Å². The second-order valence-corrected chi connectivity index (χ2v) is 3.60. The number of benzene rings is 1. The van der Waals surface area contributed by atoms with Crippen molar-refractivity contribution in [3.63, 3.8) is 0 Å². The van der Waals surface area contributed by atoms with Crippen molar-refractivity contribution in [1.29, 1.82) is 0 Å². The summed E-state index contributed by atoms with van der Waals surface area (Å²) in [4.78, 5) is 9.55. The van der Waals surface area contributed by atoms with Gasteiger partial charge in [-0.05, 0) is 0 Å². The predicted octanol–water partition coefficient (Wildman–Crippen LogP) is 0.528. The minimum absolute atomic E-state index is 0.184. The van der Waals surface area contributed by atoms with Crippen molar-refractivity contribution in [2.45, 2.75) is 0 Å². The van der Waals surface area contributed by atoms with Gasteiger partial charge in [-0.1, -0.05) is 0 Å². The number of nitrogens with zero attached hydrogens (tertiary/aromatic N) is 1. The van der Waals surface area contributed by atoms with E-state index in [0.29, 0.717) is 3.58 Å². The Bertz CT molecular complexity index is 282. The monoisotopic (exact) mass is 260 g/mol. The van der Waals surface area contributed by atoms with Gasteiger partial charge in [0.1, 0.15) is 0 Å². The summed E-state index contributed by atoms with van der Waals surface area (Å²) in [5.74, 6) is -0.550. The Kier molecular flexibility index (Phi) is 2.43. The fourth-order valence-electron chi connectivity index (χ4n) is 0.680. The number of nitro benzene ring substituents is 1. The van der Waals surface area contributed by atoms with Gasteiger partial charge in [0, 0.05) is 0 Å². The van der Waals surface area contributed by atoms with Gasteiger partial charge in [-0.15, -0.1) is 0 Å². The topological polar surface area (TPSA) is 43.1 Å². The molecule has 0 saturated carbocycles. The van der Waals surface area contributed by atoms with Gasteiger partial charge in [0.25, 0.3) is 0 Å². The molecule has 0 unspecified atom stereocenters. The van der Waals surface area contributed by atoms with Crippen molar-refractivity contribution in [2.24, 2.45) is 0 Å². The molecule has 0 atom stereocenters. The van der Waals surface area contributed by atoms with Gasteiger partial charge < -0.3 is 0 Å². The summed E-state index contributed by atoms with van der Waals surface area (Å²) in [5, 5.41) is 10.2. The molecule has 3 radical (unpaired) electrons. The van der Waals surface area contributed by atoms with E-state index in [0.717, 1.165) is 28.6 Å². The summed E-state index contributed by atoms with van der Waals surface area (Å²) in [6.07, 6.45) is 0. The zero-order valence-corrected chi connectivity index (χ0v) is 8.23. The Morgan fingerprint density at radius 2 is 2.09 bits per heavy atom. The molecule has 0 heterocycles. The van der Waals surface area contributed by atoms with E-state index < -0.39 is 10.7 Å². The van der Waals surface area contributed by atoms with Crippen LogP contribution in [0.1, 0.15) is 0 Å². The predicted molar refractivity (Wildman–Crippen MR) is 38.4 cm³/mol. The normalized spacial score (nSPS) is 9.64. The third-order valence-corrected chi connectivity index (χ3v) is 1.92. The van der Waals surface area contributed by atoms with Crippen molar-refractivity contribution in [2.75, 3.05) is 0 Å². The van der Waals surface area contributed by atoms with E-state index in [-0.39, 0.29) is 5.69 Å². The summed E-state index contributed by atoms with van der Waals surface area (Å²) in [5.41, 5.74) is -0.184. The number of hydrogen-bond acceptors (Lipinski definition) is 2. The Morgan fingerprint density at radius 1 is 1.45 bits per heavy atom. The summed E-state index contributed by atoms with van der Waals surface area (Å²) in [6, 6.07) is 3.56. The molecule has 55 valence electrons. The van der Waals surface area contributed by atoms with E-state index in [2.05, 4.69) is 0 Å². The molecule has 0 spiro atoms. The fourth-order valence-corrected chi connectivity index (χ4v) is 1.50. The number of rotatable bonds is 1. The second kappa shape index (κ2) is 3.16. The van der Waals surface area contributed by atoms with E-state index in [1.807, 2.05) is 0 Å². The number of hydrogen-bond donors (Lipinski definition) is 0. The zero-order chi connectivity index (χ0) is 8.43. The van der Waals surface area contributed by atoms with E-state index in [1.165, 1.54) is 12.1 Å². The van der Waals surface area contributed by atoms with Crippen LogP contribution >= 0.6 is 0 Å². The Hall–Kier alpha value is -0.651. The SMILES string of the molecule is O=[N+]([O-])c1cc(F)c[c]([Sn])c1. The van der Waals surface area contributed by atoms with Crippen LogP contribution in [0.5, 0.6) is 0 Å². The second-order valence-electron chi connectivity index (χ2n) is 1.96. The summed E-state index contributed by atoms with van der Waals surface area (Å²) >= 11 is 0.969. The fraction of sp³-hybridized carbons (Fsp3) is 0. The first-order chi connectivity index (χ1) is 5.09. The average Bonchev–Trinajstić information content (AvgIpc) is 1.85. The van der Waals surface area contributed by atoms with Crippen molar-refractivity contribution in [3.8, 4) is 0 Å². The maximum absolute atomic E-state index is 12.5. The third-order valence-electron chi connectivity index (χ3n) is 1.09. The first-order valence-electron chi connectivity index (χ1n) is 2.76. The molecule has 0 saturated heterocycles. The van der Waals surface area contributed by atoms with Crippen molar-refractivity contribution < 1.29 is 9.31 Å². The Morgan fingerprint density at radius 3 is 2.55 bits per heavy atom.